The van der Waals surface area contributed by atoms with Crippen LogP contribution < -0.4 is 0 Å². The molecule has 0 unspecified atom stereocenters. The Bertz CT molecular complexity index is 1110. The monoisotopic (exact) mass is 412 g/mol. The van der Waals surface area contributed by atoms with Gasteiger partial charge in [-0.25, -0.2) is 9.37 Å². The van der Waals surface area contributed by atoms with Crippen molar-refractivity contribution in [1.82, 2.24) is 19.3 Å². The first-order chi connectivity index (χ1) is 12.4. The van der Waals surface area contributed by atoms with E-state index in [2.05, 4.69) is 21.0 Å². The summed E-state index contributed by atoms with van der Waals surface area (Å²) in [6.45, 7) is 3.99. The molecule has 3 heterocycles. The van der Waals surface area contributed by atoms with Crippen LogP contribution in [0.15, 0.2) is 47.2 Å². The van der Waals surface area contributed by atoms with Crippen molar-refractivity contribution in [1.29, 1.82) is 0 Å². The molecular formula is C20H18BrFN4. The number of pyridine rings is 1. The second-order valence-electron chi connectivity index (χ2n) is 6.52. The molecular weight excluding hydrogens is 395 g/mol. The van der Waals surface area contributed by atoms with Gasteiger partial charge in [0.2, 0.25) is 0 Å². The molecule has 0 atom stereocenters. The molecule has 0 saturated carbocycles. The highest BCUT2D eigenvalue weighted by atomic mass is 79.9. The summed E-state index contributed by atoms with van der Waals surface area (Å²) in [5.41, 5.74) is 5.76. The molecule has 0 aliphatic carbocycles. The first-order valence-electron chi connectivity index (χ1n) is 8.34. The van der Waals surface area contributed by atoms with Gasteiger partial charge in [0.1, 0.15) is 11.5 Å². The smallest absolute Gasteiger partial charge is 0.145 e. The Morgan fingerprint density at radius 1 is 1.15 bits per heavy atom. The summed E-state index contributed by atoms with van der Waals surface area (Å²) in [5, 5.41) is 5.33. The van der Waals surface area contributed by atoms with Crippen molar-refractivity contribution in [2.45, 2.75) is 20.3 Å². The topological polar surface area (TPSA) is 35.6 Å². The van der Waals surface area contributed by atoms with Crippen LogP contribution in [-0.2, 0) is 13.5 Å². The third-order valence-corrected chi connectivity index (χ3v) is 5.30. The van der Waals surface area contributed by atoms with Gasteiger partial charge in [-0.3, -0.25) is 9.25 Å². The van der Waals surface area contributed by atoms with Crippen molar-refractivity contribution in [3.05, 3.63) is 75.5 Å². The maximum absolute atomic E-state index is 14.0. The minimum atomic E-state index is -0.247. The fraction of sp³-hybridized carbons (Fsp3) is 0.200. The van der Waals surface area contributed by atoms with Gasteiger partial charge in [-0.1, -0.05) is 0 Å². The SMILES string of the molecule is Cc1ccc2c(Br)cn(-c3ccc(F)cc3Cc3c(C)cnn3C)c2n1. The summed E-state index contributed by atoms with van der Waals surface area (Å²) in [6.07, 6.45) is 4.42. The van der Waals surface area contributed by atoms with Crippen LogP contribution in [0.5, 0.6) is 0 Å². The molecule has 0 radical (unpaired) electrons. The third-order valence-electron chi connectivity index (χ3n) is 4.67. The Kier molecular flexibility index (Phi) is 4.15. The van der Waals surface area contributed by atoms with E-state index < -0.39 is 0 Å². The lowest BCUT2D eigenvalue weighted by Crippen LogP contribution is -2.05. The predicted octanol–water partition coefficient (Wildman–Crippen LogP) is 4.87. The number of fused-ring (bicyclic) bond motifs is 1. The average Bonchev–Trinajstić information content (AvgIpc) is 3.09. The molecule has 4 aromatic rings. The normalized spacial score (nSPS) is 11.4. The molecule has 4 rings (SSSR count). The van der Waals surface area contributed by atoms with Crippen LogP contribution in [-0.4, -0.2) is 19.3 Å². The fourth-order valence-electron chi connectivity index (χ4n) is 3.28. The van der Waals surface area contributed by atoms with Crippen LogP contribution in [0.1, 0.15) is 22.5 Å². The molecule has 26 heavy (non-hydrogen) atoms. The first kappa shape index (κ1) is 17.0. The molecule has 0 amide bonds. The van der Waals surface area contributed by atoms with Crippen LogP contribution in [0.4, 0.5) is 4.39 Å². The van der Waals surface area contributed by atoms with Crippen molar-refractivity contribution in [3.8, 4) is 5.69 Å². The number of nitrogens with zero attached hydrogens (tertiary/aromatic N) is 4. The van der Waals surface area contributed by atoms with Crippen molar-refractivity contribution >= 4 is 27.0 Å². The standard InChI is InChI=1S/C20H18BrFN4/c1-12-10-23-25(3)19(12)9-14-8-15(22)5-7-18(14)26-11-17(21)16-6-4-13(2)24-20(16)26/h4-8,10-11H,9H2,1-3H3. The maximum Gasteiger partial charge on any atom is 0.145 e. The Balaban J connectivity index is 1.92. The molecule has 132 valence electrons. The Hall–Kier alpha value is -2.47. The summed E-state index contributed by atoms with van der Waals surface area (Å²) < 4.78 is 18.8. The molecule has 1 aromatic carbocycles. The van der Waals surface area contributed by atoms with Gasteiger partial charge < -0.3 is 0 Å². The lowest BCUT2D eigenvalue weighted by molar-refractivity contribution is 0.624. The zero-order valence-corrected chi connectivity index (χ0v) is 16.4. The number of hydrogen-bond donors (Lipinski definition) is 0. The van der Waals surface area contributed by atoms with E-state index in [1.807, 2.05) is 60.7 Å². The zero-order chi connectivity index (χ0) is 18.4. The van der Waals surface area contributed by atoms with E-state index in [-0.39, 0.29) is 5.82 Å². The lowest BCUT2D eigenvalue weighted by atomic mass is 10.0. The van der Waals surface area contributed by atoms with Crippen molar-refractivity contribution in [2.75, 3.05) is 0 Å². The van der Waals surface area contributed by atoms with Gasteiger partial charge in [0.05, 0.1) is 11.9 Å². The minimum absolute atomic E-state index is 0.247. The number of benzene rings is 1. The van der Waals surface area contributed by atoms with Gasteiger partial charge >= 0.3 is 0 Å². The van der Waals surface area contributed by atoms with E-state index >= 15 is 0 Å². The van der Waals surface area contributed by atoms with Gasteiger partial charge in [0.15, 0.2) is 0 Å². The highest BCUT2D eigenvalue weighted by molar-refractivity contribution is 9.10. The van der Waals surface area contributed by atoms with E-state index in [1.165, 1.54) is 6.07 Å². The Morgan fingerprint density at radius 2 is 1.96 bits per heavy atom. The molecule has 0 spiro atoms. The van der Waals surface area contributed by atoms with Crippen LogP contribution in [0.3, 0.4) is 0 Å². The summed E-state index contributed by atoms with van der Waals surface area (Å²) >= 11 is 3.61. The average molecular weight is 413 g/mol. The molecule has 0 fully saturated rings. The van der Waals surface area contributed by atoms with Gasteiger partial charge in [0, 0.05) is 40.9 Å². The van der Waals surface area contributed by atoms with Crippen molar-refractivity contribution < 1.29 is 4.39 Å². The highest BCUT2D eigenvalue weighted by Gasteiger charge is 2.15. The minimum Gasteiger partial charge on any atom is -0.300 e. The Labute approximate surface area is 159 Å². The van der Waals surface area contributed by atoms with Gasteiger partial charge in [0.25, 0.3) is 0 Å². The number of aryl methyl sites for hydroxylation is 3. The summed E-state index contributed by atoms with van der Waals surface area (Å²) in [6, 6.07) is 8.93. The Morgan fingerprint density at radius 3 is 2.69 bits per heavy atom. The molecule has 0 N–H and O–H groups in total. The summed E-state index contributed by atoms with van der Waals surface area (Å²) in [5.74, 6) is -0.247. The van der Waals surface area contributed by atoms with Gasteiger partial charge in [-0.2, -0.15) is 5.10 Å². The fourth-order valence-corrected chi connectivity index (χ4v) is 3.79. The van der Waals surface area contributed by atoms with Crippen molar-refractivity contribution in [2.24, 2.45) is 7.05 Å². The zero-order valence-electron chi connectivity index (χ0n) is 14.8. The van der Waals surface area contributed by atoms with Crippen LogP contribution in [0, 0.1) is 19.7 Å². The largest absolute Gasteiger partial charge is 0.300 e. The summed E-state index contributed by atoms with van der Waals surface area (Å²) in [4.78, 5) is 4.69. The van der Waals surface area contributed by atoms with Crippen molar-refractivity contribution in [3.63, 3.8) is 0 Å². The van der Waals surface area contributed by atoms with E-state index in [1.54, 1.807) is 6.07 Å². The van der Waals surface area contributed by atoms with E-state index in [4.69, 9.17) is 4.98 Å². The molecule has 3 aromatic heterocycles. The van der Waals surface area contributed by atoms with E-state index in [0.29, 0.717) is 6.42 Å². The number of rotatable bonds is 3. The molecule has 0 aliphatic rings. The second kappa shape index (κ2) is 6.36. The summed E-state index contributed by atoms with van der Waals surface area (Å²) in [7, 11) is 1.91. The molecule has 0 bridgehead atoms. The number of aromatic nitrogens is 4. The first-order valence-corrected chi connectivity index (χ1v) is 9.14. The molecule has 0 saturated heterocycles. The van der Waals surface area contributed by atoms with E-state index in [0.717, 1.165) is 43.7 Å². The number of halogens is 2. The molecule has 6 heteroatoms. The molecule has 0 aliphatic heterocycles. The van der Waals surface area contributed by atoms with Gasteiger partial charge in [-0.15, -0.1) is 0 Å². The highest BCUT2D eigenvalue weighted by Crippen LogP contribution is 2.30. The van der Waals surface area contributed by atoms with Gasteiger partial charge in [-0.05, 0) is 71.2 Å². The van der Waals surface area contributed by atoms with Crippen LogP contribution in [0.25, 0.3) is 16.7 Å². The van der Waals surface area contributed by atoms with E-state index in [9.17, 15) is 4.39 Å². The molecule has 4 nitrogen and oxygen atoms in total. The predicted molar refractivity (Wildman–Crippen MR) is 104 cm³/mol. The maximum atomic E-state index is 14.0. The number of hydrogen-bond acceptors (Lipinski definition) is 2. The third kappa shape index (κ3) is 2.84. The van der Waals surface area contributed by atoms with Crippen LogP contribution in [0.2, 0.25) is 0 Å². The van der Waals surface area contributed by atoms with Crippen LogP contribution >= 0.6 is 15.9 Å². The quantitative estimate of drug-likeness (QED) is 0.481. The second-order valence-corrected chi connectivity index (χ2v) is 7.37. The lowest BCUT2D eigenvalue weighted by Gasteiger charge is -2.13.